The maximum Gasteiger partial charge on any atom is 0.230 e. The van der Waals surface area contributed by atoms with Crippen LogP contribution in [0.3, 0.4) is 0 Å². The van der Waals surface area contributed by atoms with Crippen molar-refractivity contribution in [3.05, 3.63) is 0 Å². The van der Waals surface area contributed by atoms with E-state index >= 15 is 0 Å². The highest BCUT2D eigenvalue weighted by molar-refractivity contribution is 5.84. The van der Waals surface area contributed by atoms with E-state index in [9.17, 15) is 4.79 Å². The Labute approximate surface area is 105 Å². The molecule has 3 nitrogen and oxygen atoms in total. The Hall–Kier alpha value is -0.570. The van der Waals surface area contributed by atoms with E-state index in [0.29, 0.717) is 11.9 Å². The van der Waals surface area contributed by atoms with Gasteiger partial charge in [0.2, 0.25) is 5.91 Å². The second-order valence-corrected chi connectivity index (χ2v) is 5.66. The van der Waals surface area contributed by atoms with Crippen LogP contribution >= 0.6 is 0 Å². The summed E-state index contributed by atoms with van der Waals surface area (Å²) in [4.78, 5) is 15.0. The topological polar surface area (TPSA) is 32.3 Å². The predicted octanol–water partition coefficient (Wildman–Crippen LogP) is 2.17. The molecule has 2 fully saturated rings. The monoisotopic (exact) mass is 238 g/mol. The van der Waals surface area contributed by atoms with Crippen molar-refractivity contribution >= 4 is 5.91 Å². The van der Waals surface area contributed by atoms with Gasteiger partial charge in [-0.25, -0.2) is 0 Å². The first-order chi connectivity index (χ1) is 8.23. The van der Waals surface area contributed by atoms with Crippen molar-refractivity contribution in [2.75, 3.05) is 19.6 Å². The highest BCUT2D eigenvalue weighted by Crippen LogP contribution is 2.36. The van der Waals surface area contributed by atoms with Gasteiger partial charge in [0, 0.05) is 19.1 Å². The lowest BCUT2D eigenvalue weighted by Gasteiger charge is -2.34. The Bertz CT molecular complexity index is 271. The van der Waals surface area contributed by atoms with Gasteiger partial charge in [-0.15, -0.1) is 0 Å². The van der Waals surface area contributed by atoms with Crippen molar-refractivity contribution in [1.29, 1.82) is 0 Å². The summed E-state index contributed by atoms with van der Waals surface area (Å²) in [5.41, 5.74) is -0.0769. The summed E-state index contributed by atoms with van der Waals surface area (Å²) in [7, 11) is 0. The number of hydrogen-bond acceptors (Lipinski definition) is 2. The van der Waals surface area contributed by atoms with Crippen LogP contribution in [0.4, 0.5) is 0 Å². The van der Waals surface area contributed by atoms with Crippen LogP contribution in [0.5, 0.6) is 0 Å². The van der Waals surface area contributed by atoms with Gasteiger partial charge >= 0.3 is 0 Å². The lowest BCUT2D eigenvalue weighted by atomic mass is 9.81. The standard InChI is InChI=1S/C14H26N2O/c1-3-7-14(8-9-15-11-14)13(17)16-10-5-6-12(16)4-2/h12,15H,3-11H2,1-2H3. The Kier molecular flexibility index (Phi) is 4.08. The van der Waals surface area contributed by atoms with Gasteiger partial charge in [-0.05, 0) is 38.6 Å². The van der Waals surface area contributed by atoms with E-state index in [2.05, 4.69) is 24.1 Å². The summed E-state index contributed by atoms with van der Waals surface area (Å²) in [5.74, 6) is 0.439. The summed E-state index contributed by atoms with van der Waals surface area (Å²) in [6, 6.07) is 0.511. The maximum atomic E-state index is 12.8. The molecule has 17 heavy (non-hydrogen) atoms. The largest absolute Gasteiger partial charge is 0.339 e. The number of carbonyl (C=O) groups excluding carboxylic acids is 1. The molecular formula is C14H26N2O. The van der Waals surface area contributed by atoms with Crippen LogP contribution in [-0.2, 0) is 4.79 Å². The Morgan fingerprint density at radius 3 is 2.88 bits per heavy atom. The molecule has 2 saturated heterocycles. The van der Waals surface area contributed by atoms with Gasteiger partial charge in [0.25, 0.3) is 0 Å². The van der Waals surface area contributed by atoms with Gasteiger partial charge < -0.3 is 10.2 Å². The Morgan fingerprint density at radius 2 is 2.29 bits per heavy atom. The van der Waals surface area contributed by atoms with Crippen molar-refractivity contribution in [3.8, 4) is 0 Å². The van der Waals surface area contributed by atoms with Crippen LogP contribution < -0.4 is 5.32 Å². The second-order valence-electron chi connectivity index (χ2n) is 5.66. The summed E-state index contributed by atoms with van der Waals surface area (Å²) >= 11 is 0. The van der Waals surface area contributed by atoms with Crippen molar-refractivity contribution in [3.63, 3.8) is 0 Å². The van der Waals surface area contributed by atoms with Crippen LogP contribution in [0.1, 0.15) is 52.4 Å². The van der Waals surface area contributed by atoms with Crippen LogP contribution in [0.2, 0.25) is 0 Å². The molecule has 0 aromatic carbocycles. The molecule has 2 atom stereocenters. The minimum atomic E-state index is -0.0769. The first-order valence-corrected chi connectivity index (χ1v) is 7.25. The average molecular weight is 238 g/mol. The molecule has 0 saturated carbocycles. The van der Waals surface area contributed by atoms with Gasteiger partial charge in [0.1, 0.15) is 0 Å². The number of likely N-dealkylation sites (tertiary alicyclic amines) is 1. The Balaban J connectivity index is 2.10. The van der Waals surface area contributed by atoms with E-state index in [-0.39, 0.29) is 5.41 Å². The molecule has 2 aliphatic rings. The molecule has 2 rings (SSSR count). The molecule has 0 spiro atoms. The summed E-state index contributed by atoms with van der Waals surface area (Å²) in [5, 5.41) is 3.39. The van der Waals surface area contributed by atoms with E-state index in [4.69, 9.17) is 0 Å². The number of rotatable bonds is 4. The quantitative estimate of drug-likeness (QED) is 0.814. The van der Waals surface area contributed by atoms with Crippen LogP contribution in [0.15, 0.2) is 0 Å². The smallest absolute Gasteiger partial charge is 0.230 e. The van der Waals surface area contributed by atoms with Gasteiger partial charge in [-0.1, -0.05) is 20.3 Å². The fourth-order valence-electron chi connectivity index (χ4n) is 3.56. The van der Waals surface area contributed by atoms with E-state index < -0.39 is 0 Å². The second kappa shape index (κ2) is 5.38. The zero-order valence-electron chi connectivity index (χ0n) is 11.3. The van der Waals surface area contributed by atoms with Gasteiger partial charge in [0.05, 0.1) is 5.41 Å². The first-order valence-electron chi connectivity index (χ1n) is 7.25. The molecule has 98 valence electrons. The SMILES string of the molecule is CCCC1(C(=O)N2CCCC2CC)CCNC1. The fraction of sp³-hybridized carbons (Fsp3) is 0.929. The number of hydrogen-bond donors (Lipinski definition) is 1. The lowest BCUT2D eigenvalue weighted by molar-refractivity contribution is -0.142. The minimum absolute atomic E-state index is 0.0769. The molecule has 0 radical (unpaired) electrons. The molecular weight excluding hydrogens is 212 g/mol. The zero-order chi connectivity index (χ0) is 12.3. The van der Waals surface area contributed by atoms with Gasteiger partial charge in [-0.3, -0.25) is 4.79 Å². The number of amides is 1. The normalized spacial score (nSPS) is 33.3. The third-order valence-corrected chi connectivity index (χ3v) is 4.54. The third-order valence-electron chi connectivity index (χ3n) is 4.54. The molecule has 0 aliphatic carbocycles. The lowest BCUT2D eigenvalue weighted by Crippen LogP contribution is -2.47. The molecule has 0 bridgehead atoms. The van der Waals surface area contributed by atoms with Crippen molar-refractivity contribution in [2.24, 2.45) is 5.41 Å². The molecule has 2 heterocycles. The minimum Gasteiger partial charge on any atom is -0.339 e. The zero-order valence-corrected chi connectivity index (χ0v) is 11.3. The molecule has 1 amide bonds. The van der Waals surface area contributed by atoms with Crippen molar-refractivity contribution in [2.45, 2.75) is 58.4 Å². The van der Waals surface area contributed by atoms with E-state index in [1.807, 2.05) is 0 Å². The van der Waals surface area contributed by atoms with Crippen LogP contribution in [-0.4, -0.2) is 36.5 Å². The molecule has 1 N–H and O–H groups in total. The first kappa shape index (κ1) is 12.9. The molecule has 0 aromatic rings. The molecule has 2 unspecified atom stereocenters. The van der Waals surface area contributed by atoms with Crippen LogP contribution in [0, 0.1) is 5.41 Å². The average Bonchev–Trinajstić information content (AvgIpc) is 2.97. The number of nitrogens with zero attached hydrogens (tertiary/aromatic N) is 1. The molecule has 0 aromatic heterocycles. The van der Waals surface area contributed by atoms with Crippen LogP contribution in [0.25, 0.3) is 0 Å². The highest BCUT2D eigenvalue weighted by Gasteiger charge is 2.44. The fourth-order valence-corrected chi connectivity index (χ4v) is 3.56. The third kappa shape index (κ3) is 2.35. The van der Waals surface area contributed by atoms with E-state index in [0.717, 1.165) is 45.3 Å². The Morgan fingerprint density at radius 1 is 1.47 bits per heavy atom. The van der Waals surface area contributed by atoms with Gasteiger partial charge in [-0.2, -0.15) is 0 Å². The van der Waals surface area contributed by atoms with E-state index in [1.54, 1.807) is 0 Å². The number of carbonyl (C=O) groups is 1. The van der Waals surface area contributed by atoms with E-state index in [1.165, 1.54) is 12.8 Å². The summed E-state index contributed by atoms with van der Waals surface area (Å²) in [6.07, 6.45) is 6.70. The number of nitrogens with one attached hydrogen (secondary N) is 1. The highest BCUT2D eigenvalue weighted by atomic mass is 16.2. The summed E-state index contributed by atoms with van der Waals surface area (Å²) < 4.78 is 0. The van der Waals surface area contributed by atoms with Crippen molar-refractivity contribution in [1.82, 2.24) is 10.2 Å². The maximum absolute atomic E-state index is 12.8. The predicted molar refractivity (Wildman–Crippen MR) is 69.9 cm³/mol. The molecule has 2 aliphatic heterocycles. The van der Waals surface area contributed by atoms with Crippen molar-refractivity contribution < 1.29 is 4.79 Å². The summed E-state index contributed by atoms with van der Waals surface area (Å²) in [6.45, 7) is 7.29. The molecule has 3 heteroatoms. The van der Waals surface area contributed by atoms with Gasteiger partial charge in [0.15, 0.2) is 0 Å².